The minimum atomic E-state index is -4.70. The molecule has 1 aromatic rings. The Morgan fingerprint density at radius 2 is 1.68 bits per heavy atom. The van der Waals surface area contributed by atoms with Crippen LogP contribution < -0.4 is 5.32 Å². The van der Waals surface area contributed by atoms with E-state index in [-0.39, 0.29) is 5.69 Å². The topological polar surface area (TPSA) is 29.1 Å². The van der Waals surface area contributed by atoms with E-state index < -0.39 is 23.7 Å². The molecule has 0 aliphatic rings. The normalized spacial score (nSPS) is 12.6. The van der Waals surface area contributed by atoms with E-state index in [0.29, 0.717) is 5.56 Å². The van der Waals surface area contributed by atoms with Crippen LogP contribution >= 0.6 is 0 Å². The molecule has 0 bridgehead atoms. The maximum absolute atomic E-state index is 12.9. The highest BCUT2D eigenvalue weighted by atomic mass is 19.3. The first kappa shape index (κ1) is 15.5. The van der Waals surface area contributed by atoms with Gasteiger partial charge in [-0.1, -0.05) is 39.0 Å². The molecule has 2 nitrogen and oxygen atoms in total. The van der Waals surface area contributed by atoms with E-state index in [9.17, 15) is 22.4 Å². The average Bonchev–Trinajstić information content (AvgIpc) is 2.27. The predicted molar refractivity (Wildman–Crippen MR) is 64.7 cm³/mol. The fourth-order valence-electron chi connectivity index (χ4n) is 1.55. The van der Waals surface area contributed by atoms with Crippen molar-refractivity contribution in [3.8, 4) is 0 Å². The lowest BCUT2D eigenvalue weighted by Gasteiger charge is -2.24. The number of benzene rings is 1. The third-order valence-electron chi connectivity index (χ3n) is 2.56. The standard InChI is InChI=1S/C13H15F4NO/c1-12(2,3)8-6-4-5-7-9(8)18-11(19)13(16,17)10(14)15/h4-7,10H,1-3H3,(H,18,19). The quantitative estimate of drug-likeness (QED) is 0.836. The molecule has 106 valence electrons. The molecule has 19 heavy (non-hydrogen) atoms. The van der Waals surface area contributed by atoms with Gasteiger partial charge in [0.15, 0.2) is 0 Å². The highest BCUT2D eigenvalue weighted by Gasteiger charge is 2.49. The van der Waals surface area contributed by atoms with Gasteiger partial charge in [0.2, 0.25) is 0 Å². The van der Waals surface area contributed by atoms with Crippen molar-refractivity contribution in [1.29, 1.82) is 0 Å². The molecule has 0 radical (unpaired) electrons. The van der Waals surface area contributed by atoms with Gasteiger partial charge >= 0.3 is 18.3 Å². The number of halogens is 4. The number of rotatable bonds is 3. The van der Waals surface area contributed by atoms with Crippen molar-refractivity contribution in [3.63, 3.8) is 0 Å². The van der Waals surface area contributed by atoms with Gasteiger partial charge in [-0.15, -0.1) is 0 Å². The number of hydrogen-bond acceptors (Lipinski definition) is 1. The van der Waals surface area contributed by atoms with Crippen molar-refractivity contribution >= 4 is 11.6 Å². The number of nitrogens with one attached hydrogen (secondary N) is 1. The second-order valence-corrected chi connectivity index (χ2v) is 5.17. The molecule has 0 aromatic heterocycles. The predicted octanol–water partition coefficient (Wildman–Crippen LogP) is 3.82. The number of hydrogen-bond donors (Lipinski definition) is 1. The van der Waals surface area contributed by atoms with Crippen LogP contribution in [0.3, 0.4) is 0 Å². The van der Waals surface area contributed by atoms with Crippen LogP contribution in [0.1, 0.15) is 26.3 Å². The van der Waals surface area contributed by atoms with E-state index in [1.165, 1.54) is 12.1 Å². The molecule has 0 aliphatic carbocycles. The first-order chi connectivity index (χ1) is 8.56. The number of alkyl halides is 4. The van der Waals surface area contributed by atoms with E-state index in [1.807, 2.05) is 26.1 Å². The molecule has 1 N–H and O–H groups in total. The molecule has 0 fully saturated rings. The van der Waals surface area contributed by atoms with Gasteiger partial charge in [-0.3, -0.25) is 4.79 Å². The Morgan fingerprint density at radius 3 is 2.16 bits per heavy atom. The van der Waals surface area contributed by atoms with E-state index >= 15 is 0 Å². The second-order valence-electron chi connectivity index (χ2n) is 5.17. The van der Waals surface area contributed by atoms with Gasteiger partial charge in [-0.25, -0.2) is 8.78 Å². The Balaban J connectivity index is 3.05. The van der Waals surface area contributed by atoms with Crippen LogP contribution in [0.25, 0.3) is 0 Å². The minimum Gasteiger partial charge on any atom is -0.320 e. The lowest BCUT2D eigenvalue weighted by atomic mass is 9.86. The summed E-state index contributed by atoms with van der Waals surface area (Å²) in [6.07, 6.45) is -4.03. The summed E-state index contributed by atoms with van der Waals surface area (Å²) in [5, 5.41) is 1.87. The Bertz CT molecular complexity index is 466. The summed E-state index contributed by atoms with van der Waals surface area (Å²) in [6.45, 7) is 5.47. The van der Waals surface area contributed by atoms with Crippen LogP contribution in [0.15, 0.2) is 24.3 Å². The van der Waals surface area contributed by atoms with E-state index in [2.05, 4.69) is 0 Å². The number of carbonyl (C=O) groups is 1. The van der Waals surface area contributed by atoms with Gasteiger partial charge in [-0.05, 0) is 17.0 Å². The largest absolute Gasteiger partial charge is 0.383 e. The zero-order valence-electron chi connectivity index (χ0n) is 10.8. The van der Waals surface area contributed by atoms with Gasteiger partial charge in [0.25, 0.3) is 0 Å². The monoisotopic (exact) mass is 277 g/mol. The van der Waals surface area contributed by atoms with Crippen LogP contribution in [0.5, 0.6) is 0 Å². The van der Waals surface area contributed by atoms with Gasteiger partial charge in [0, 0.05) is 5.69 Å². The van der Waals surface area contributed by atoms with Crippen molar-refractivity contribution in [2.24, 2.45) is 0 Å². The van der Waals surface area contributed by atoms with Gasteiger partial charge in [0.1, 0.15) is 0 Å². The van der Waals surface area contributed by atoms with Crippen molar-refractivity contribution in [3.05, 3.63) is 29.8 Å². The number of amides is 1. The Morgan fingerprint density at radius 1 is 1.16 bits per heavy atom. The summed E-state index contributed by atoms with van der Waals surface area (Å²) < 4.78 is 50.0. The maximum Gasteiger partial charge on any atom is 0.383 e. The minimum absolute atomic E-state index is 0.111. The fourth-order valence-corrected chi connectivity index (χ4v) is 1.55. The number of anilines is 1. The smallest absolute Gasteiger partial charge is 0.320 e. The molecule has 0 atom stereocenters. The summed E-state index contributed by atoms with van der Waals surface area (Å²) in [5.74, 6) is -6.70. The Kier molecular flexibility index (Phi) is 4.22. The van der Waals surface area contributed by atoms with Crippen molar-refractivity contribution in [2.45, 2.75) is 38.5 Å². The van der Waals surface area contributed by atoms with Crippen molar-refractivity contribution in [2.75, 3.05) is 5.32 Å². The zero-order chi connectivity index (χ0) is 14.8. The van der Waals surface area contributed by atoms with Gasteiger partial charge in [0.05, 0.1) is 0 Å². The zero-order valence-corrected chi connectivity index (χ0v) is 10.8. The Labute approximate surface area is 108 Å². The van der Waals surface area contributed by atoms with E-state index in [0.717, 1.165) is 0 Å². The fraction of sp³-hybridized carbons (Fsp3) is 0.462. The summed E-state index contributed by atoms with van der Waals surface area (Å²) in [4.78, 5) is 11.2. The van der Waals surface area contributed by atoms with Crippen molar-refractivity contribution in [1.82, 2.24) is 0 Å². The number of para-hydroxylation sites is 1. The molecule has 1 aromatic carbocycles. The SMILES string of the molecule is CC(C)(C)c1ccccc1NC(=O)C(F)(F)C(F)F. The molecule has 0 saturated heterocycles. The maximum atomic E-state index is 12.9. The first-order valence-corrected chi connectivity index (χ1v) is 5.63. The molecule has 0 spiro atoms. The summed E-state index contributed by atoms with van der Waals surface area (Å²) in [7, 11) is 0. The molecule has 1 amide bonds. The first-order valence-electron chi connectivity index (χ1n) is 5.63. The second kappa shape index (κ2) is 5.19. The summed E-state index contributed by atoms with van der Waals surface area (Å²) >= 11 is 0. The van der Waals surface area contributed by atoms with E-state index in [4.69, 9.17) is 0 Å². The molecule has 0 saturated carbocycles. The molecular formula is C13H15F4NO. The molecule has 1 rings (SSSR count). The van der Waals surface area contributed by atoms with Crippen LogP contribution in [0.4, 0.5) is 23.2 Å². The molecule has 0 aliphatic heterocycles. The van der Waals surface area contributed by atoms with Crippen LogP contribution in [-0.2, 0) is 10.2 Å². The van der Waals surface area contributed by atoms with Gasteiger partial charge < -0.3 is 5.32 Å². The molecular weight excluding hydrogens is 262 g/mol. The van der Waals surface area contributed by atoms with Crippen molar-refractivity contribution < 1.29 is 22.4 Å². The molecule has 0 heterocycles. The number of carbonyl (C=O) groups excluding carboxylic acids is 1. The van der Waals surface area contributed by atoms with Crippen LogP contribution in [0.2, 0.25) is 0 Å². The Hall–Kier alpha value is -1.59. The lowest BCUT2D eigenvalue weighted by Crippen LogP contribution is -2.41. The van der Waals surface area contributed by atoms with Crippen LogP contribution in [0, 0.1) is 0 Å². The molecule has 0 unspecified atom stereocenters. The van der Waals surface area contributed by atoms with Crippen LogP contribution in [-0.4, -0.2) is 18.3 Å². The van der Waals surface area contributed by atoms with Gasteiger partial charge in [-0.2, -0.15) is 8.78 Å². The highest BCUT2D eigenvalue weighted by molar-refractivity contribution is 5.97. The highest BCUT2D eigenvalue weighted by Crippen LogP contribution is 2.31. The molecule has 6 heteroatoms. The van der Waals surface area contributed by atoms with E-state index in [1.54, 1.807) is 12.1 Å². The summed E-state index contributed by atoms with van der Waals surface area (Å²) in [6, 6.07) is 6.27. The lowest BCUT2D eigenvalue weighted by molar-refractivity contribution is -0.163. The third-order valence-corrected chi connectivity index (χ3v) is 2.56. The third kappa shape index (κ3) is 3.45. The summed E-state index contributed by atoms with van der Waals surface area (Å²) in [5.41, 5.74) is 0.290. The average molecular weight is 277 g/mol.